The topological polar surface area (TPSA) is 100 Å². The Labute approximate surface area is 178 Å². The number of Topliss-reactive ketones (excluding diaryl/α,β-unsaturated/α-hetero) is 1. The maximum Gasteiger partial charge on any atom is 0.294 e. The van der Waals surface area contributed by atoms with Crippen LogP contribution in [0.3, 0.4) is 0 Å². The molecule has 1 saturated carbocycles. The number of aliphatic hydroxyl groups excluding tert-OH is 1. The van der Waals surface area contributed by atoms with Gasteiger partial charge in [-0.2, -0.15) is 0 Å². The van der Waals surface area contributed by atoms with Crippen molar-refractivity contribution in [1.29, 1.82) is 0 Å². The Hall–Kier alpha value is -2.71. The highest BCUT2D eigenvalue weighted by molar-refractivity contribution is 6.48. The Morgan fingerprint density at radius 2 is 1.93 bits per heavy atom. The van der Waals surface area contributed by atoms with Crippen LogP contribution in [-0.2, 0) is 11.8 Å². The summed E-state index contributed by atoms with van der Waals surface area (Å²) in [6.07, 6.45) is 1.23. The van der Waals surface area contributed by atoms with Gasteiger partial charge in [-0.25, -0.2) is 4.39 Å². The van der Waals surface area contributed by atoms with Gasteiger partial charge < -0.3 is 20.3 Å². The van der Waals surface area contributed by atoms with E-state index in [-0.39, 0.29) is 16.3 Å². The standard InChI is InChI=1S/C21H23ClFN3O4/c1-10-9-12(7-8-13(10)23)24-20(29)16-11(2)26(3)18(17(16)22)19(28)21(30)25-14-5-4-6-15(14)27/h7-9,14-15,27H,4-6H2,1-3H3,(H,24,29)(H,25,30)/t14-,15+/m1/s1. The van der Waals surface area contributed by atoms with Gasteiger partial charge in [-0.1, -0.05) is 11.6 Å². The number of aromatic nitrogens is 1. The van der Waals surface area contributed by atoms with Gasteiger partial charge in [-0.15, -0.1) is 0 Å². The first-order valence-electron chi connectivity index (χ1n) is 9.57. The zero-order chi connectivity index (χ0) is 22.2. The molecule has 0 saturated heterocycles. The molecule has 2 amide bonds. The lowest BCUT2D eigenvalue weighted by Gasteiger charge is -2.16. The number of nitrogens with zero attached hydrogens (tertiary/aromatic N) is 1. The summed E-state index contributed by atoms with van der Waals surface area (Å²) in [4.78, 5) is 37.9. The molecule has 7 nitrogen and oxygen atoms in total. The minimum atomic E-state index is -0.888. The third kappa shape index (κ3) is 4.11. The predicted molar refractivity (Wildman–Crippen MR) is 110 cm³/mol. The molecule has 1 fully saturated rings. The molecule has 0 aliphatic heterocycles. The number of hydrogen-bond acceptors (Lipinski definition) is 4. The fraction of sp³-hybridized carbons (Fsp3) is 0.381. The number of anilines is 1. The maximum absolute atomic E-state index is 13.4. The van der Waals surface area contributed by atoms with E-state index >= 15 is 0 Å². The molecule has 1 heterocycles. The fourth-order valence-corrected chi connectivity index (χ4v) is 4.08. The second kappa shape index (κ2) is 8.57. The van der Waals surface area contributed by atoms with E-state index in [0.29, 0.717) is 29.8 Å². The monoisotopic (exact) mass is 435 g/mol. The van der Waals surface area contributed by atoms with Crippen molar-refractivity contribution in [3.8, 4) is 0 Å². The molecule has 0 radical (unpaired) electrons. The van der Waals surface area contributed by atoms with Gasteiger partial charge in [0.25, 0.3) is 17.6 Å². The predicted octanol–water partition coefficient (Wildman–Crippen LogP) is 2.90. The number of amides is 2. The van der Waals surface area contributed by atoms with Crippen molar-refractivity contribution < 1.29 is 23.9 Å². The Kier molecular flexibility index (Phi) is 6.28. The summed E-state index contributed by atoms with van der Waals surface area (Å²) in [5, 5.41) is 14.9. The maximum atomic E-state index is 13.4. The first-order chi connectivity index (χ1) is 14.1. The van der Waals surface area contributed by atoms with E-state index in [4.69, 9.17) is 11.6 Å². The lowest BCUT2D eigenvalue weighted by atomic mass is 10.1. The molecule has 160 valence electrons. The second-order valence-electron chi connectivity index (χ2n) is 7.51. The van der Waals surface area contributed by atoms with Crippen molar-refractivity contribution in [2.45, 2.75) is 45.3 Å². The number of aryl methyl sites for hydroxylation is 1. The van der Waals surface area contributed by atoms with Crippen molar-refractivity contribution in [3.63, 3.8) is 0 Å². The van der Waals surface area contributed by atoms with E-state index in [2.05, 4.69) is 10.6 Å². The quantitative estimate of drug-likeness (QED) is 0.496. The molecule has 9 heteroatoms. The number of carbonyl (C=O) groups excluding carboxylic acids is 3. The van der Waals surface area contributed by atoms with E-state index in [9.17, 15) is 23.9 Å². The van der Waals surface area contributed by atoms with Crippen molar-refractivity contribution >= 4 is 34.9 Å². The molecular formula is C21H23ClFN3O4. The molecule has 2 aromatic rings. The second-order valence-corrected chi connectivity index (χ2v) is 7.89. The van der Waals surface area contributed by atoms with Gasteiger partial charge in [0, 0.05) is 18.4 Å². The molecular weight excluding hydrogens is 413 g/mol. The van der Waals surface area contributed by atoms with Crippen LogP contribution in [-0.4, -0.2) is 39.4 Å². The highest BCUT2D eigenvalue weighted by Gasteiger charge is 2.33. The SMILES string of the molecule is Cc1cc(NC(=O)c2c(Cl)c(C(=O)C(=O)N[C@@H]3CCC[C@@H]3O)n(C)c2C)ccc1F. The number of nitrogens with one attached hydrogen (secondary N) is 2. The van der Waals surface area contributed by atoms with Crippen LogP contribution >= 0.6 is 11.6 Å². The van der Waals surface area contributed by atoms with Crippen LogP contribution in [0.15, 0.2) is 18.2 Å². The van der Waals surface area contributed by atoms with Crippen LogP contribution in [0.2, 0.25) is 5.02 Å². The van der Waals surface area contributed by atoms with Gasteiger partial charge in [0.15, 0.2) is 0 Å². The molecule has 1 aliphatic rings. The van der Waals surface area contributed by atoms with E-state index in [1.54, 1.807) is 13.8 Å². The molecule has 1 aliphatic carbocycles. The number of benzene rings is 1. The average molecular weight is 436 g/mol. The number of hydrogen-bond donors (Lipinski definition) is 3. The smallest absolute Gasteiger partial charge is 0.294 e. The van der Waals surface area contributed by atoms with E-state index in [0.717, 1.165) is 6.42 Å². The van der Waals surface area contributed by atoms with Gasteiger partial charge in [0.2, 0.25) is 0 Å². The number of rotatable bonds is 5. The van der Waals surface area contributed by atoms with Crippen molar-refractivity contribution in [3.05, 3.63) is 51.6 Å². The van der Waals surface area contributed by atoms with E-state index in [1.165, 1.54) is 29.8 Å². The molecule has 0 bridgehead atoms. The summed E-state index contributed by atoms with van der Waals surface area (Å²) < 4.78 is 14.8. The summed E-state index contributed by atoms with van der Waals surface area (Å²) in [6.45, 7) is 3.18. The van der Waals surface area contributed by atoms with E-state index in [1.807, 2.05) is 0 Å². The highest BCUT2D eigenvalue weighted by Crippen LogP contribution is 2.29. The minimum absolute atomic E-state index is 0.0539. The zero-order valence-electron chi connectivity index (χ0n) is 16.9. The van der Waals surface area contributed by atoms with Crippen LogP contribution in [0, 0.1) is 19.7 Å². The van der Waals surface area contributed by atoms with Crippen LogP contribution in [0.25, 0.3) is 0 Å². The number of ketones is 1. The molecule has 3 rings (SSSR count). The van der Waals surface area contributed by atoms with Crippen LogP contribution in [0.1, 0.15) is 51.4 Å². The molecule has 3 N–H and O–H groups in total. The summed E-state index contributed by atoms with van der Waals surface area (Å²) in [6, 6.07) is 3.65. The van der Waals surface area contributed by atoms with Crippen LogP contribution in [0.4, 0.5) is 10.1 Å². The first-order valence-corrected chi connectivity index (χ1v) is 9.95. The normalized spacial score (nSPS) is 18.3. The van der Waals surface area contributed by atoms with Crippen molar-refractivity contribution in [2.75, 3.05) is 5.32 Å². The Bertz CT molecular complexity index is 1030. The first kappa shape index (κ1) is 22.0. The van der Waals surface area contributed by atoms with Gasteiger partial charge in [-0.05, 0) is 56.9 Å². The fourth-order valence-electron chi connectivity index (χ4n) is 3.64. The summed E-state index contributed by atoms with van der Waals surface area (Å²) in [5.74, 6) is -2.75. The number of aliphatic hydroxyl groups is 1. The third-order valence-electron chi connectivity index (χ3n) is 5.49. The van der Waals surface area contributed by atoms with Gasteiger partial charge in [0.05, 0.1) is 22.7 Å². The van der Waals surface area contributed by atoms with Gasteiger partial charge in [0.1, 0.15) is 11.5 Å². The molecule has 0 spiro atoms. The largest absolute Gasteiger partial charge is 0.391 e. The van der Waals surface area contributed by atoms with Crippen LogP contribution in [0.5, 0.6) is 0 Å². The molecule has 2 atom stereocenters. The third-order valence-corrected chi connectivity index (χ3v) is 5.86. The molecule has 1 aromatic heterocycles. The van der Waals surface area contributed by atoms with Crippen molar-refractivity contribution in [1.82, 2.24) is 9.88 Å². The van der Waals surface area contributed by atoms with E-state index < -0.39 is 35.6 Å². The lowest BCUT2D eigenvalue weighted by molar-refractivity contribution is -0.118. The molecule has 0 unspecified atom stereocenters. The van der Waals surface area contributed by atoms with Crippen LogP contribution < -0.4 is 10.6 Å². The summed E-state index contributed by atoms with van der Waals surface area (Å²) >= 11 is 6.34. The average Bonchev–Trinajstić information content (AvgIpc) is 3.18. The van der Waals surface area contributed by atoms with Gasteiger partial charge >= 0.3 is 0 Å². The minimum Gasteiger partial charge on any atom is -0.391 e. The molecule has 30 heavy (non-hydrogen) atoms. The van der Waals surface area contributed by atoms with Gasteiger partial charge in [-0.3, -0.25) is 14.4 Å². The molecule has 1 aromatic carbocycles. The lowest BCUT2D eigenvalue weighted by Crippen LogP contribution is -2.43. The Balaban J connectivity index is 1.85. The summed E-state index contributed by atoms with van der Waals surface area (Å²) in [7, 11) is 1.53. The number of halogens is 2. The zero-order valence-corrected chi connectivity index (χ0v) is 17.6. The number of carbonyl (C=O) groups is 3. The van der Waals surface area contributed by atoms with Crippen molar-refractivity contribution in [2.24, 2.45) is 7.05 Å². The summed E-state index contributed by atoms with van der Waals surface area (Å²) in [5.41, 5.74) is 1.08. The highest BCUT2D eigenvalue weighted by atomic mass is 35.5. The Morgan fingerprint density at radius 3 is 2.53 bits per heavy atom. The Morgan fingerprint density at radius 1 is 1.23 bits per heavy atom.